The van der Waals surface area contributed by atoms with Gasteiger partial charge in [-0.25, -0.2) is 0 Å². The minimum absolute atomic E-state index is 0.437. The van der Waals surface area contributed by atoms with E-state index in [1.807, 2.05) is 11.3 Å². The number of nitrogens with one attached hydrogen (secondary N) is 1. The summed E-state index contributed by atoms with van der Waals surface area (Å²) >= 11 is 5.35. The molecule has 1 aromatic carbocycles. The van der Waals surface area contributed by atoms with Crippen molar-refractivity contribution in [1.82, 2.24) is 5.32 Å². The molecule has 0 amide bonds. The summed E-state index contributed by atoms with van der Waals surface area (Å²) in [5.41, 5.74) is 3.05. The fourth-order valence-electron chi connectivity index (χ4n) is 2.83. The normalized spacial score (nSPS) is 20.0. The molecule has 0 saturated carbocycles. The molecule has 0 aliphatic heterocycles. The van der Waals surface area contributed by atoms with Gasteiger partial charge in [-0.2, -0.15) is 0 Å². The highest BCUT2D eigenvalue weighted by molar-refractivity contribution is 9.10. The van der Waals surface area contributed by atoms with Gasteiger partial charge in [0.05, 0.1) is 0 Å². The maximum absolute atomic E-state index is 3.78. The lowest BCUT2D eigenvalue weighted by atomic mass is 9.88. The van der Waals surface area contributed by atoms with Gasteiger partial charge < -0.3 is 5.32 Å². The highest BCUT2D eigenvalue weighted by Crippen LogP contribution is 2.27. The van der Waals surface area contributed by atoms with Crippen LogP contribution in [-0.4, -0.2) is 6.04 Å². The van der Waals surface area contributed by atoms with Crippen LogP contribution in [-0.2, 0) is 12.8 Å². The van der Waals surface area contributed by atoms with Gasteiger partial charge in [0, 0.05) is 26.8 Å². The van der Waals surface area contributed by atoms with Gasteiger partial charge in [0.25, 0.3) is 0 Å². The zero-order valence-corrected chi connectivity index (χ0v) is 13.4. The Balaban J connectivity index is 1.66. The molecule has 2 atom stereocenters. The summed E-state index contributed by atoms with van der Waals surface area (Å²) in [6, 6.07) is 12.1. The van der Waals surface area contributed by atoms with Gasteiger partial charge in [0.15, 0.2) is 0 Å². The van der Waals surface area contributed by atoms with E-state index in [2.05, 4.69) is 63.9 Å². The maximum atomic E-state index is 3.78. The van der Waals surface area contributed by atoms with Crippen LogP contribution in [0, 0.1) is 0 Å². The molecule has 1 heterocycles. The van der Waals surface area contributed by atoms with Gasteiger partial charge in [0.2, 0.25) is 0 Å². The highest BCUT2D eigenvalue weighted by atomic mass is 79.9. The van der Waals surface area contributed by atoms with E-state index >= 15 is 0 Å². The van der Waals surface area contributed by atoms with Crippen LogP contribution in [0.2, 0.25) is 0 Å². The molecule has 0 fully saturated rings. The molecular weight excluding hydrogens is 318 g/mol. The van der Waals surface area contributed by atoms with Gasteiger partial charge in [-0.05, 0) is 59.3 Å². The summed E-state index contributed by atoms with van der Waals surface area (Å²) in [5.74, 6) is 0. The fourth-order valence-corrected chi connectivity index (χ4v) is 4.29. The molecule has 19 heavy (non-hydrogen) atoms. The van der Waals surface area contributed by atoms with E-state index in [9.17, 15) is 0 Å². The van der Waals surface area contributed by atoms with Crippen LogP contribution < -0.4 is 5.32 Å². The van der Waals surface area contributed by atoms with E-state index in [-0.39, 0.29) is 0 Å². The van der Waals surface area contributed by atoms with Crippen molar-refractivity contribution in [2.75, 3.05) is 0 Å². The first-order valence-corrected chi connectivity index (χ1v) is 8.46. The minimum atomic E-state index is 0.437. The molecule has 100 valence electrons. The van der Waals surface area contributed by atoms with Crippen molar-refractivity contribution in [3.8, 4) is 0 Å². The van der Waals surface area contributed by atoms with E-state index in [1.54, 1.807) is 0 Å². The molecule has 3 heteroatoms. The van der Waals surface area contributed by atoms with Crippen LogP contribution in [0.15, 0.2) is 40.2 Å². The molecule has 2 aromatic rings. The summed E-state index contributed by atoms with van der Waals surface area (Å²) in [7, 11) is 0. The molecule has 0 bridgehead atoms. The molecule has 1 aliphatic carbocycles. The Morgan fingerprint density at radius 1 is 1.32 bits per heavy atom. The monoisotopic (exact) mass is 335 g/mol. The lowest BCUT2D eigenvalue weighted by Crippen LogP contribution is -2.36. The van der Waals surface area contributed by atoms with E-state index in [4.69, 9.17) is 0 Å². The first-order valence-electron chi connectivity index (χ1n) is 6.79. The molecule has 1 N–H and O–H groups in total. The third-order valence-electron chi connectivity index (χ3n) is 3.85. The molecule has 3 rings (SSSR count). The zero-order chi connectivity index (χ0) is 13.2. The number of aryl methyl sites for hydroxylation is 1. The van der Waals surface area contributed by atoms with E-state index in [0.717, 1.165) is 6.42 Å². The summed E-state index contributed by atoms with van der Waals surface area (Å²) in [6.45, 7) is 2.26. The largest absolute Gasteiger partial charge is 0.306 e. The van der Waals surface area contributed by atoms with Gasteiger partial charge in [-0.15, -0.1) is 11.3 Å². The quantitative estimate of drug-likeness (QED) is 0.855. The standard InChI is InChI=1S/C16H18BrNS/c1-11(16-9-14(17)10-19-16)18-15-7-6-12-4-2-3-5-13(12)8-15/h2-5,9-11,15,18H,6-8H2,1H3. The Bertz CT molecular complexity index is 563. The summed E-state index contributed by atoms with van der Waals surface area (Å²) in [5, 5.41) is 5.94. The average Bonchev–Trinajstić information content (AvgIpc) is 2.85. The van der Waals surface area contributed by atoms with Gasteiger partial charge in [-0.1, -0.05) is 24.3 Å². The number of hydrogen-bond acceptors (Lipinski definition) is 2. The number of rotatable bonds is 3. The molecule has 1 nitrogen and oxygen atoms in total. The van der Waals surface area contributed by atoms with Crippen LogP contribution in [0.4, 0.5) is 0 Å². The molecule has 0 spiro atoms. The number of halogens is 1. The molecule has 0 radical (unpaired) electrons. The second-order valence-electron chi connectivity index (χ2n) is 5.26. The van der Waals surface area contributed by atoms with Crippen LogP contribution in [0.3, 0.4) is 0 Å². The first kappa shape index (κ1) is 13.3. The summed E-state index contributed by atoms with van der Waals surface area (Å²) < 4.78 is 1.19. The van der Waals surface area contributed by atoms with Crippen LogP contribution in [0.5, 0.6) is 0 Å². The third-order valence-corrected chi connectivity index (χ3v) is 5.72. The van der Waals surface area contributed by atoms with Crippen LogP contribution in [0.25, 0.3) is 0 Å². The number of fused-ring (bicyclic) bond motifs is 1. The van der Waals surface area contributed by atoms with E-state index < -0.39 is 0 Å². The van der Waals surface area contributed by atoms with Crippen molar-refractivity contribution >= 4 is 27.3 Å². The molecular formula is C16H18BrNS. The van der Waals surface area contributed by atoms with Gasteiger partial charge in [0.1, 0.15) is 0 Å². The zero-order valence-electron chi connectivity index (χ0n) is 11.0. The second kappa shape index (κ2) is 5.78. The Hall–Kier alpha value is -0.640. The van der Waals surface area contributed by atoms with E-state index in [1.165, 1.54) is 33.3 Å². The van der Waals surface area contributed by atoms with Crippen molar-refractivity contribution in [3.05, 3.63) is 56.2 Å². The number of hydrogen-bond donors (Lipinski definition) is 1. The maximum Gasteiger partial charge on any atom is 0.0388 e. The van der Waals surface area contributed by atoms with Crippen molar-refractivity contribution in [3.63, 3.8) is 0 Å². The van der Waals surface area contributed by atoms with Crippen molar-refractivity contribution in [2.24, 2.45) is 0 Å². The third kappa shape index (κ3) is 3.10. The van der Waals surface area contributed by atoms with Crippen LogP contribution >= 0.6 is 27.3 Å². The lowest BCUT2D eigenvalue weighted by molar-refractivity contribution is 0.416. The Morgan fingerprint density at radius 2 is 2.11 bits per heavy atom. The molecule has 0 saturated heterocycles. The van der Waals surface area contributed by atoms with Gasteiger partial charge >= 0.3 is 0 Å². The van der Waals surface area contributed by atoms with Crippen LogP contribution in [0.1, 0.15) is 35.4 Å². The molecule has 1 aromatic heterocycles. The average molecular weight is 336 g/mol. The van der Waals surface area contributed by atoms with Crippen molar-refractivity contribution in [1.29, 1.82) is 0 Å². The summed E-state index contributed by atoms with van der Waals surface area (Å²) in [4.78, 5) is 1.41. The first-order chi connectivity index (χ1) is 9.22. The predicted octanol–water partition coefficient (Wildman–Crippen LogP) is 4.72. The van der Waals surface area contributed by atoms with Crippen molar-refractivity contribution in [2.45, 2.75) is 38.3 Å². The fraction of sp³-hybridized carbons (Fsp3) is 0.375. The molecule has 1 aliphatic rings. The Morgan fingerprint density at radius 3 is 2.84 bits per heavy atom. The summed E-state index contributed by atoms with van der Waals surface area (Å²) in [6.07, 6.45) is 3.61. The Labute approximate surface area is 127 Å². The Kier molecular flexibility index (Phi) is 4.06. The smallest absolute Gasteiger partial charge is 0.0388 e. The van der Waals surface area contributed by atoms with Crippen molar-refractivity contribution < 1.29 is 0 Å². The lowest BCUT2D eigenvalue weighted by Gasteiger charge is -2.28. The predicted molar refractivity (Wildman–Crippen MR) is 85.8 cm³/mol. The number of benzene rings is 1. The number of thiophene rings is 1. The van der Waals surface area contributed by atoms with Gasteiger partial charge in [-0.3, -0.25) is 0 Å². The van der Waals surface area contributed by atoms with E-state index in [0.29, 0.717) is 12.1 Å². The molecule has 2 unspecified atom stereocenters. The minimum Gasteiger partial charge on any atom is -0.306 e. The second-order valence-corrected chi connectivity index (χ2v) is 7.12. The SMILES string of the molecule is CC(NC1CCc2ccccc2C1)c1cc(Br)cs1. The highest BCUT2D eigenvalue weighted by Gasteiger charge is 2.20. The topological polar surface area (TPSA) is 12.0 Å².